The van der Waals surface area contributed by atoms with Gasteiger partial charge in [-0.3, -0.25) is 5.32 Å². The molecule has 0 aliphatic carbocycles. The number of nitrogens with zero attached hydrogens (tertiary/aromatic N) is 3. The molecule has 4 heterocycles. The highest BCUT2D eigenvalue weighted by Gasteiger charge is 2.25. The van der Waals surface area contributed by atoms with Crippen molar-refractivity contribution >= 4 is 11.3 Å². The average Bonchev–Trinajstić information content (AvgIpc) is 3.19. The van der Waals surface area contributed by atoms with Gasteiger partial charge in [0.05, 0.1) is 23.8 Å². The lowest BCUT2D eigenvalue weighted by Gasteiger charge is -2.19. The Morgan fingerprint density at radius 3 is 3.35 bits per heavy atom. The molecule has 7 heteroatoms. The second kappa shape index (κ2) is 4.84. The lowest BCUT2D eigenvalue weighted by molar-refractivity contribution is 0.317. The Morgan fingerprint density at radius 1 is 1.45 bits per heavy atom. The molecule has 2 N–H and O–H groups in total. The monoisotopic (exact) mass is 287 g/mol. The normalized spacial score (nSPS) is 18.1. The minimum atomic E-state index is 0.0513. The number of aromatic nitrogens is 4. The van der Waals surface area contributed by atoms with Gasteiger partial charge >= 0.3 is 0 Å². The van der Waals surface area contributed by atoms with Crippen LogP contribution in [0, 0.1) is 0 Å². The molecule has 1 atom stereocenters. The molecule has 20 heavy (non-hydrogen) atoms. The molecule has 0 bridgehead atoms. The van der Waals surface area contributed by atoms with Crippen LogP contribution in [-0.4, -0.2) is 20.1 Å². The van der Waals surface area contributed by atoms with Crippen molar-refractivity contribution in [3.05, 3.63) is 51.8 Å². The molecule has 102 valence electrons. The van der Waals surface area contributed by atoms with Gasteiger partial charge in [0, 0.05) is 24.3 Å². The molecule has 0 radical (unpaired) electrons. The SMILES string of the molecule is c1csc(Cc2noc(C3Cc4nc[nH]c4CN3)n2)c1. The maximum Gasteiger partial charge on any atom is 0.244 e. The van der Waals surface area contributed by atoms with Gasteiger partial charge in [-0.2, -0.15) is 4.98 Å². The standard InChI is InChI=1S/C13H13N5OS/c1-2-8(20-3-1)4-12-17-13(19-18-12)10-5-9-11(6-14-10)16-7-15-9/h1-3,7,10,14H,4-6H2,(H,15,16). The zero-order valence-corrected chi connectivity index (χ0v) is 11.5. The van der Waals surface area contributed by atoms with Gasteiger partial charge in [0.1, 0.15) is 0 Å². The van der Waals surface area contributed by atoms with E-state index in [1.54, 1.807) is 17.7 Å². The molecule has 0 fully saturated rings. The zero-order valence-electron chi connectivity index (χ0n) is 10.7. The first kappa shape index (κ1) is 11.8. The van der Waals surface area contributed by atoms with Crippen LogP contribution in [0.3, 0.4) is 0 Å². The molecular weight excluding hydrogens is 274 g/mol. The Balaban J connectivity index is 1.51. The van der Waals surface area contributed by atoms with Crippen molar-refractivity contribution < 1.29 is 4.52 Å². The second-order valence-electron chi connectivity index (χ2n) is 4.77. The summed E-state index contributed by atoms with van der Waals surface area (Å²) < 4.78 is 5.39. The summed E-state index contributed by atoms with van der Waals surface area (Å²) >= 11 is 1.70. The molecule has 1 aliphatic heterocycles. The number of imidazole rings is 1. The van der Waals surface area contributed by atoms with Crippen LogP contribution < -0.4 is 5.32 Å². The van der Waals surface area contributed by atoms with Crippen molar-refractivity contribution in [1.29, 1.82) is 0 Å². The van der Waals surface area contributed by atoms with Crippen LogP contribution in [0.4, 0.5) is 0 Å². The van der Waals surface area contributed by atoms with Crippen LogP contribution >= 0.6 is 11.3 Å². The summed E-state index contributed by atoms with van der Waals surface area (Å²) in [5, 5.41) is 9.50. The average molecular weight is 287 g/mol. The highest BCUT2D eigenvalue weighted by molar-refractivity contribution is 7.09. The molecule has 0 spiro atoms. The molecule has 1 unspecified atom stereocenters. The largest absolute Gasteiger partial charge is 0.347 e. The maximum atomic E-state index is 5.39. The number of hydrogen-bond donors (Lipinski definition) is 2. The van der Waals surface area contributed by atoms with Crippen LogP contribution in [0.1, 0.15) is 34.0 Å². The summed E-state index contributed by atoms with van der Waals surface area (Å²) in [5.41, 5.74) is 2.21. The molecule has 0 amide bonds. The fourth-order valence-corrected chi connectivity index (χ4v) is 3.10. The van der Waals surface area contributed by atoms with E-state index in [9.17, 15) is 0 Å². The zero-order chi connectivity index (χ0) is 13.4. The Morgan fingerprint density at radius 2 is 2.45 bits per heavy atom. The van der Waals surface area contributed by atoms with E-state index in [1.807, 2.05) is 6.07 Å². The van der Waals surface area contributed by atoms with Crippen molar-refractivity contribution in [2.75, 3.05) is 0 Å². The third kappa shape index (κ3) is 2.14. The summed E-state index contributed by atoms with van der Waals surface area (Å²) in [6, 6.07) is 4.16. The topological polar surface area (TPSA) is 79.6 Å². The fourth-order valence-electron chi connectivity index (χ4n) is 2.39. The smallest absolute Gasteiger partial charge is 0.244 e. The van der Waals surface area contributed by atoms with Crippen molar-refractivity contribution in [2.24, 2.45) is 0 Å². The lowest BCUT2D eigenvalue weighted by Crippen LogP contribution is -2.28. The van der Waals surface area contributed by atoms with Crippen molar-refractivity contribution in [3.8, 4) is 0 Å². The number of aromatic amines is 1. The molecule has 6 nitrogen and oxygen atoms in total. The Labute approximate surface area is 119 Å². The van der Waals surface area contributed by atoms with Gasteiger partial charge in [0.25, 0.3) is 0 Å². The summed E-state index contributed by atoms with van der Waals surface area (Å²) in [4.78, 5) is 13.2. The van der Waals surface area contributed by atoms with Gasteiger partial charge in [-0.05, 0) is 11.4 Å². The second-order valence-corrected chi connectivity index (χ2v) is 5.80. The first-order chi connectivity index (χ1) is 9.88. The van der Waals surface area contributed by atoms with E-state index < -0.39 is 0 Å². The summed E-state index contributed by atoms with van der Waals surface area (Å²) in [6.45, 7) is 0.753. The van der Waals surface area contributed by atoms with Gasteiger partial charge in [0.2, 0.25) is 5.89 Å². The van der Waals surface area contributed by atoms with Gasteiger partial charge in [-0.15, -0.1) is 11.3 Å². The van der Waals surface area contributed by atoms with E-state index in [0.717, 1.165) is 36.6 Å². The molecule has 4 rings (SSSR count). The highest BCUT2D eigenvalue weighted by atomic mass is 32.1. The predicted molar refractivity (Wildman–Crippen MR) is 73.3 cm³/mol. The molecular formula is C13H13N5OS. The molecule has 1 aliphatic rings. The molecule has 0 saturated carbocycles. The summed E-state index contributed by atoms with van der Waals surface area (Å²) in [6.07, 6.45) is 3.23. The van der Waals surface area contributed by atoms with Crippen LogP contribution in [0.5, 0.6) is 0 Å². The van der Waals surface area contributed by atoms with Crippen molar-refractivity contribution in [2.45, 2.75) is 25.4 Å². The minimum Gasteiger partial charge on any atom is -0.347 e. The van der Waals surface area contributed by atoms with E-state index in [1.165, 1.54) is 4.88 Å². The number of fused-ring (bicyclic) bond motifs is 1. The first-order valence-corrected chi connectivity index (χ1v) is 7.36. The van der Waals surface area contributed by atoms with E-state index >= 15 is 0 Å². The van der Waals surface area contributed by atoms with Crippen LogP contribution in [0.15, 0.2) is 28.4 Å². The minimum absolute atomic E-state index is 0.0513. The van der Waals surface area contributed by atoms with Crippen LogP contribution in [-0.2, 0) is 19.4 Å². The third-order valence-corrected chi connectivity index (χ3v) is 4.30. The van der Waals surface area contributed by atoms with Crippen molar-refractivity contribution in [3.63, 3.8) is 0 Å². The van der Waals surface area contributed by atoms with E-state index in [-0.39, 0.29) is 6.04 Å². The van der Waals surface area contributed by atoms with Crippen LogP contribution in [0.25, 0.3) is 0 Å². The van der Waals surface area contributed by atoms with Gasteiger partial charge in [0.15, 0.2) is 5.82 Å². The van der Waals surface area contributed by atoms with Crippen LogP contribution in [0.2, 0.25) is 0 Å². The first-order valence-electron chi connectivity index (χ1n) is 6.48. The maximum absolute atomic E-state index is 5.39. The molecule has 0 aromatic carbocycles. The summed E-state index contributed by atoms with van der Waals surface area (Å²) in [7, 11) is 0. The lowest BCUT2D eigenvalue weighted by atomic mass is 10.1. The number of hydrogen-bond acceptors (Lipinski definition) is 6. The van der Waals surface area contributed by atoms with E-state index in [4.69, 9.17) is 4.52 Å². The van der Waals surface area contributed by atoms with Gasteiger partial charge in [-0.25, -0.2) is 4.98 Å². The quantitative estimate of drug-likeness (QED) is 0.768. The number of thiophene rings is 1. The Bertz CT molecular complexity index is 702. The predicted octanol–water partition coefficient (Wildman–Crippen LogP) is 1.83. The highest BCUT2D eigenvalue weighted by Crippen LogP contribution is 2.23. The van der Waals surface area contributed by atoms with E-state index in [2.05, 4.69) is 36.9 Å². The van der Waals surface area contributed by atoms with Gasteiger partial charge in [-0.1, -0.05) is 11.2 Å². The summed E-state index contributed by atoms with van der Waals surface area (Å²) in [5.74, 6) is 1.38. The number of nitrogens with one attached hydrogen (secondary N) is 2. The Hall–Kier alpha value is -1.99. The molecule has 3 aromatic rings. The number of rotatable bonds is 3. The number of H-pyrrole nitrogens is 1. The van der Waals surface area contributed by atoms with Gasteiger partial charge < -0.3 is 9.51 Å². The van der Waals surface area contributed by atoms with Crippen molar-refractivity contribution in [1.82, 2.24) is 25.4 Å². The fraction of sp³-hybridized carbons (Fsp3) is 0.308. The van der Waals surface area contributed by atoms with E-state index in [0.29, 0.717) is 5.89 Å². The Kier molecular flexibility index (Phi) is 2.86. The molecule has 0 saturated heterocycles. The molecule has 3 aromatic heterocycles. The third-order valence-electron chi connectivity index (χ3n) is 3.42.